The molecule has 3 aromatic rings. The van der Waals surface area contributed by atoms with Gasteiger partial charge in [0.15, 0.2) is 11.5 Å². The smallest absolute Gasteiger partial charge is 0.276 e. The van der Waals surface area contributed by atoms with Crippen LogP contribution in [-0.2, 0) is 0 Å². The number of nitrogens with zero attached hydrogens (tertiary/aromatic N) is 1. The van der Waals surface area contributed by atoms with Gasteiger partial charge in [0, 0.05) is 21.8 Å². The number of hydrazine groups is 1. The molecule has 1 atom stereocenters. The van der Waals surface area contributed by atoms with Gasteiger partial charge in [0.1, 0.15) is 11.9 Å². The number of methoxy groups -OCH3 is 2. The molecule has 9 heteroatoms. The van der Waals surface area contributed by atoms with Crippen LogP contribution in [0.25, 0.3) is 0 Å². The number of anilines is 1. The number of hydrogen-bond donors (Lipinski definition) is 3. The van der Waals surface area contributed by atoms with Crippen molar-refractivity contribution in [2.24, 2.45) is 0 Å². The van der Waals surface area contributed by atoms with Gasteiger partial charge in [-0.25, -0.2) is 5.01 Å². The molecule has 0 fully saturated rings. The maximum atomic E-state index is 13.4. The van der Waals surface area contributed by atoms with Crippen LogP contribution in [0.15, 0.2) is 60.7 Å². The summed E-state index contributed by atoms with van der Waals surface area (Å²) < 4.78 is 10.7. The average Bonchev–Trinajstić information content (AvgIpc) is 2.81. The Morgan fingerprint density at radius 3 is 2.44 bits per heavy atom. The molecule has 0 saturated carbocycles. The number of rotatable bonds is 5. The molecule has 2 amide bonds. The Hall–Kier alpha value is -3.91. The highest BCUT2D eigenvalue weighted by molar-refractivity contribution is 6.31. The number of benzene rings is 3. The van der Waals surface area contributed by atoms with Gasteiger partial charge >= 0.3 is 0 Å². The zero-order chi connectivity index (χ0) is 22.8. The minimum Gasteiger partial charge on any atom is -0.508 e. The fourth-order valence-electron chi connectivity index (χ4n) is 3.44. The molecule has 32 heavy (non-hydrogen) atoms. The van der Waals surface area contributed by atoms with Crippen molar-refractivity contribution in [1.82, 2.24) is 10.4 Å². The predicted molar refractivity (Wildman–Crippen MR) is 119 cm³/mol. The first-order valence-corrected chi connectivity index (χ1v) is 10.0. The molecule has 3 aromatic carbocycles. The van der Waals surface area contributed by atoms with Crippen molar-refractivity contribution in [3.63, 3.8) is 0 Å². The van der Waals surface area contributed by atoms with Crippen molar-refractivity contribution in [2.75, 3.05) is 19.5 Å². The quantitative estimate of drug-likeness (QED) is 0.540. The largest absolute Gasteiger partial charge is 0.508 e. The van der Waals surface area contributed by atoms with Crippen molar-refractivity contribution in [1.29, 1.82) is 0 Å². The highest BCUT2D eigenvalue weighted by Gasteiger charge is 2.35. The highest BCUT2D eigenvalue weighted by Crippen LogP contribution is 2.37. The van der Waals surface area contributed by atoms with Crippen molar-refractivity contribution in [3.05, 3.63) is 82.4 Å². The second-order valence-electron chi connectivity index (χ2n) is 7.01. The minimum absolute atomic E-state index is 0.0315. The summed E-state index contributed by atoms with van der Waals surface area (Å²) in [7, 11) is 3.05. The number of carbonyl (C=O) groups is 2. The van der Waals surface area contributed by atoms with E-state index in [0.717, 1.165) is 0 Å². The monoisotopic (exact) mass is 453 g/mol. The molecule has 0 bridgehead atoms. The summed E-state index contributed by atoms with van der Waals surface area (Å²) >= 11 is 6.09. The van der Waals surface area contributed by atoms with Crippen LogP contribution in [0.4, 0.5) is 5.69 Å². The van der Waals surface area contributed by atoms with E-state index in [2.05, 4.69) is 10.7 Å². The molecular weight excluding hydrogens is 434 g/mol. The van der Waals surface area contributed by atoms with Crippen LogP contribution in [-0.4, -0.2) is 36.1 Å². The van der Waals surface area contributed by atoms with Crippen LogP contribution in [0.1, 0.15) is 32.4 Å². The molecule has 0 aromatic heterocycles. The zero-order valence-electron chi connectivity index (χ0n) is 17.3. The molecule has 1 unspecified atom stereocenters. The van der Waals surface area contributed by atoms with Crippen molar-refractivity contribution >= 4 is 29.1 Å². The Labute approximate surface area is 189 Å². The maximum Gasteiger partial charge on any atom is 0.276 e. The van der Waals surface area contributed by atoms with Gasteiger partial charge in [0.25, 0.3) is 11.8 Å². The normalized spacial score (nSPS) is 14.9. The molecule has 1 heterocycles. The van der Waals surface area contributed by atoms with Crippen LogP contribution in [0.3, 0.4) is 0 Å². The summed E-state index contributed by atoms with van der Waals surface area (Å²) in [5.74, 6) is 0.0875. The van der Waals surface area contributed by atoms with Crippen molar-refractivity contribution in [2.45, 2.75) is 6.17 Å². The number of halogens is 1. The van der Waals surface area contributed by atoms with E-state index in [1.165, 1.54) is 49.6 Å². The van der Waals surface area contributed by atoms with Crippen molar-refractivity contribution < 1.29 is 24.2 Å². The lowest BCUT2D eigenvalue weighted by Gasteiger charge is -2.38. The Morgan fingerprint density at radius 2 is 1.75 bits per heavy atom. The molecule has 3 N–H and O–H groups in total. The Morgan fingerprint density at radius 1 is 1.03 bits per heavy atom. The van der Waals surface area contributed by atoms with Crippen LogP contribution in [0, 0.1) is 0 Å². The van der Waals surface area contributed by atoms with E-state index in [-0.39, 0.29) is 11.3 Å². The first-order chi connectivity index (χ1) is 15.4. The van der Waals surface area contributed by atoms with Crippen LogP contribution in [0.5, 0.6) is 17.2 Å². The number of hydrogen-bond acceptors (Lipinski definition) is 6. The van der Waals surface area contributed by atoms with Gasteiger partial charge in [0.05, 0.1) is 19.8 Å². The Bertz CT molecular complexity index is 1180. The lowest BCUT2D eigenvalue weighted by Crippen LogP contribution is -2.52. The van der Waals surface area contributed by atoms with E-state index in [4.69, 9.17) is 21.1 Å². The Kier molecular flexibility index (Phi) is 5.79. The van der Waals surface area contributed by atoms with Gasteiger partial charge < -0.3 is 19.9 Å². The number of ether oxygens (including phenoxy) is 2. The summed E-state index contributed by atoms with van der Waals surface area (Å²) in [6.45, 7) is 0. The number of aromatic hydroxyl groups is 1. The summed E-state index contributed by atoms with van der Waals surface area (Å²) in [4.78, 5) is 26.2. The summed E-state index contributed by atoms with van der Waals surface area (Å²) in [5, 5.41) is 14.4. The third-order valence-electron chi connectivity index (χ3n) is 5.06. The van der Waals surface area contributed by atoms with E-state index in [0.29, 0.717) is 33.3 Å². The number of phenols is 1. The number of fused-ring (bicyclic) bond motifs is 1. The number of nitrogens with one attached hydrogen (secondary N) is 2. The maximum absolute atomic E-state index is 13.4. The van der Waals surface area contributed by atoms with Gasteiger partial charge in [-0.1, -0.05) is 17.7 Å². The molecule has 0 saturated heterocycles. The van der Waals surface area contributed by atoms with Crippen LogP contribution in [0.2, 0.25) is 5.02 Å². The molecule has 1 aliphatic heterocycles. The standard InChI is InChI=1S/C23H20ClN3O5/c1-31-19-10-5-14(11-20(19)32-2)21-25-18-9-6-15(24)12-17(18)23(30)27(21)26-22(29)13-3-7-16(28)8-4-13/h3-12,21,25,28H,1-2H3,(H,26,29). The Balaban J connectivity index is 1.75. The third-order valence-corrected chi connectivity index (χ3v) is 5.29. The van der Waals surface area contributed by atoms with Crippen molar-refractivity contribution in [3.8, 4) is 17.2 Å². The van der Waals surface area contributed by atoms with E-state index in [9.17, 15) is 14.7 Å². The number of amides is 2. The minimum atomic E-state index is -0.739. The topological polar surface area (TPSA) is 100 Å². The fraction of sp³-hybridized carbons (Fsp3) is 0.130. The summed E-state index contributed by atoms with van der Waals surface area (Å²) in [5.41, 5.74) is 4.49. The SMILES string of the molecule is COc1ccc(C2Nc3ccc(Cl)cc3C(=O)N2NC(=O)c2ccc(O)cc2)cc1OC. The zero-order valence-corrected chi connectivity index (χ0v) is 18.0. The first kappa shape index (κ1) is 21.3. The van der Waals surface area contributed by atoms with Crippen LogP contribution < -0.4 is 20.2 Å². The molecule has 8 nitrogen and oxygen atoms in total. The molecule has 164 valence electrons. The van der Waals surface area contributed by atoms with Gasteiger partial charge in [-0.3, -0.25) is 15.0 Å². The summed E-state index contributed by atoms with van der Waals surface area (Å²) in [6.07, 6.45) is -0.739. The van der Waals surface area contributed by atoms with Crippen LogP contribution >= 0.6 is 11.6 Å². The first-order valence-electron chi connectivity index (χ1n) is 9.63. The molecule has 0 radical (unpaired) electrons. The molecule has 0 spiro atoms. The number of phenolic OH excluding ortho intramolecular Hbond substituents is 1. The second kappa shape index (κ2) is 8.68. The fourth-order valence-corrected chi connectivity index (χ4v) is 3.61. The number of carbonyl (C=O) groups excluding carboxylic acids is 2. The average molecular weight is 454 g/mol. The predicted octanol–water partition coefficient (Wildman–Crippen LogP) is 3.97. The lowest BCUT2D eigenvalue weighted by molar-refractivity contribution is 0.0490. The highest BCUT2D eigenvalue weighted by atomic mass is 35.5. The van der Waals surface area contributed by atoms with Gasteiger partial charge in [-0.2, -0.15) is 0 Å². The van der Waals surface area contributed by atoms with E-state index < -0.39 is 18.0 Å². The molecule has 1 aliphatic rings. The summed E-state index contributed by atoms with van der Waals surface area (Å²) in [6, 6.07) is 15.9. The van der Waals surface area contributed by atoms with Gasteiger partial charge in [-0.15, -0.1) is 0 Å². The third kappa shape index (κ3) is 4.00. The van der Waals surface area contributed by atoms with E-state index in [1.54, 1.807) is 30.3 Å². The molecule has 4 rings (SSSR count). The van der Waals surface area contributed by atoms with E-state index >= 15 is 0 Å². The molecule has 0 aliphatic carbocycles. The van der Waals surface area contributed by atoms with E-state index in [1.807, 2.05) is 0 Å². The lowest BCUT2D eigenvalue weighted by atomic mass is 10.0. The molecular formula is C23H20ClN3O5. The second-order valence-corrected chi connectivity index (χ2v) is 7.45. The van der Waals surface area contributed by atoms with Gasteiger partial charge in [0.2, 0.25) is 0 Å². The van der Waals surface area contributed by atoms with Gasteiger partial charge in [-0.05, 0) is 54.6 Å².